The minimum Gasteiger partial charge on any atom is -0.455 e. The monoisotopic (exact) mass is 699 g/mol. The van der Waals surface area contributed by atoms with Crippen molar-refractivity contribution in [2.24, 2.45) is 0 Å². The van der Waals surface area contributed by atoms with Crippen molar-refractivity contribution in [3.05, 3.63) is 176 Å². The molecule has 8 aromatic carbocycles. The van der Waals surface area contributed by atoms with Gasteiger partial charge in [0.2, 0.25) is 0 Å². The predicted octanol–water partition coefficient (Wildman–Crippen LogP) is 13.7. The van der Waals surface area contributed by atoms with Crippen molar-refractivity contribution < 1.29 is 4.42 Å². The quantitative estimate of drug-likeness (QED) is 0.172. The number of pyridine rings is 3. The lowest BCUT2D eigenvalue weighted by Crippen LogP contribution is -1.90. The smallest absolute Gasteiger partial charge is 0.144 e. The van der Waals surface area contributed by atoms with Crippen molar-refractivity contribution in [2.75, 3.05) is 0 Å². The highest BCUT2D eigenvalue weighted by Gasteiger charge is 2.18. The third-order valence-electron chi connectivity index (χ3n) is 11.3. The molecule has 12 aromatic rings. The molecular weight excluding hydrogens is 671 g/mol. The number of hydrogen-bond donors (Lipinski definition) is 0. The van der Waals surface area contributed by atoms with Crippen molar-refractivity contribution in [3.8, 4) is 33.5 Å². The van der Waals surface area contributed by atoms with E-state index in [1.165, 1.54) is 32.7 Å². The molecule has 0 fully saturated rings. The molecule has 0 aliphatic heterocycles. The fraction of sp³-hybridized carbons (Fsp3) is 0. The van der Waals surface area contributed by atoms with Gasteiger partial charge in [-0.15, -0.1) is 0 Å². The van der Waals surface area contributed by atoms with Gasteiger partial charge in [-0.3, -0.25) is 9.97 Å². The maximum absolute atomic E-state index is 6.54. The van der Waals surface area contributed by atoms with Gasteiger partial charge in [0.05, 0.1) is 22.2 Å². The van der Waals surface area contributed by atoms with Gasteiger partial charge in [0, 0.05) is 55.7 Å². The van der Waals surface area contributed by atoms with Crippen molar-refractivity contribution >= 4 is 87.0 Å². The molecule has 4 heterocycles. The van der Waals surface area contributed by atoms with Crippen LogP contribution in [-0.4, -0.2) is 15.0 Å². The van der Waals surface area contributed by atoms with Crippen LogP contribution in [0.15, 0.2) is 181 Å². The van der Waals surface area contributed by atoms with E-state index in [2.05, 4.69) is 145 Å². The summed E-state index contributed by atoms with van der Waals surface area (Å²) in [7, 11) is 0. The normalized spacial score (nSPS) is 12.0. The first kappa shape index (κ1) is 30.1. The number of hydrogen-bond acceptors (Lipinski definition) is 4. The van der Waals surface area contributed by atoms with Crippen LogP contribution in [0, 0.1) is 0 Å². The Morgan fingerprint density at radius 3 is 2.00 bits per heavy atom. The maximum atomic E-state index is 6.54. The molecule has 4 nitrogen and oxygen atoms in total. The second kappa shape index (κ2) is 11.5. The Hall–Kier alpha value is -7.43. The first-order valence-electron chi connectivity index (χ1n) is 18.6. The number of fused-ring (bicyclic) bond motifs is 13. The Morgan fingerprint density at radius 1 is 0.382 bits per heavy atom. The Labute approximate surface area is 315 Å². The Balaban J connectivity index is 0.962. The minimum atomic E-state index is 0.897. The molecule has 0 aliphatic carbocycles. The van der Waals surface area contributed by atoms with Crippen LogP contribution in [0.25, 0.3) is 120 Å². The molecule has 0 saturated heterocycles. The van der Waals surface area contributed by atoms with Gasteiger partial charge >= 0.3 is 0 Å². The summed E-state index contributed by atoms with van der Waals surface area (Å²) in [4.78, 5) is 14.6. The lowest BCUT2D eigenvalue weighted by Gasteiger charge is -2.13. The summed E-state index contributed by atoms with van der Waals surface area (Å²) in [6.45, 7) is 0. The van der Waals surface area contributed by atoms with E-state index in [0.717, 1.165) is 87.8 Å². The number of nitrogens with zero attached hydrogens (tertiary/aromatic N) is 3. The average molecular weight is 700 g/mol. The highest BCUT2D eigenvalue weighted by atomic mass is 16.3. The highest BCUT2D eigenvalue weighted by Crippen LogP contribution is 2.41. The van der Waals surface area contributed by atoms with E-state index in [0.29, 0.717) is 0 Å². The topological polar surface area (TPSA) is 51.8 Å². The summed E-state index contributed by atoms with van der Waals surface area (Å²) in [5.41, 5.74) is 11.3. The summed E-state index contributed by atoms with van der Waals surface area (Å²) in [5, 5.41) is 12.6. The Kier molecular flexibility index (Phi) is 6.31. The number of furan rings is 1. The van der Waals surface area contributed by atoms with Gasteiger partial charge in [-0.2, -0.15) is 0 Å². The van der Waals surface area contributed by atoms with E-state index < -0.39 is 0 Å². The minimum absolute atomic E-state index is 0.897. The first-order chi connectivity index (χ1) is 27.2. The van der Waals surface area contributed by atoms with E-state index in [-0.39, 0.29) is 0 Å². The molecule has 0 N–H and O–H groups in total. The van der Waals surface area contributed by atoms with Crippen molar-refractivity contribution in [1.82, 2.24) is 15.0 Å². The van der Waals surface area contributed by atoms with Crippen LogP contribution in [0.4, 0.5) is 0 Å². The van der Waals surface area contributed by atoms with E-state index in [9.17, 15) is 0 Å². The average Bonchev–Trinajstić information content (AvgIpc) is 3.64. The van der Waals surface area contributed by atoms with Crippen LogP contribution in [0.3, 0.4) is 0 Å². The maximum Gasteiger partial charge on any atom is 0.144 e. The van der Waals surface area contributed by atoms with Crippen LogP contribution < -0.4 is 0 Å². The summed E-state index contributed by atoms with van der Waals surface area (Å²) in [6, 6.07) is 58.4. The Morgan fingerprint density at radius 2 is 1.07 bits per heavy atom. The van der Waals surface area contributed by atoms with Gasteiger partial charge in [-0.05, 0) is 92.3 Å². The molecule has 12 rings (SSSR count). The molecule has 4 aromatic heterocycles. The summed E-state index contributed by atoms with van der Waals surface area (Å²) < 4.78 is 6.54. The standard InChI is InChI=1S/C51H29N3O/c1-3-11-45-41(9-1)47-42(24-23-40-38-8-2-4-12-46(38)55-51(40)47)48(54-45)32-17-13-30(14-18-32)33-19-15-31-16-20-34-27-35(21-22-37(34)43(31)28-33)44-29-36-7-5-25-52-49(36)50-39(44)10-6-26-53-50/h1-29H. The number of rotatable bonds is 3. The largest absolute Gasteiger partial charge is 0.455 e. The van der Waals surface area contributed by atoms with E-state index in [4.69, 9.17) is 14.4 Å². The summed E-state index contributed by atoms with van der Waals surface area (Å²) >= 11 is 0. The van der Waals surface area contributed by atoms with Crippen LogP contribution >= 0.6 is 0 Å². The molecule has 0 amide bonds. The third-order valence-corrected chi connectivity index (χ3v) is 11.3. The van der Waals surface area contributed by atoms with Gasteiger partial charge < -0.3 is 4.42 Å². The molecule has 254 valence electrons. The van der Waals surface area contributed by atoms with Gasteiger partial charge in [-0.25, -0.2) is 4.98 Å². The molecule has 0 saturated carbocycles. The molecule has 0 unspecified atom stereocenters. The van der Waals surface area contributed by atoms with Crippen molar-refractivity contribution in [2.45, 2.75) is 0 Å². The zero-order valence-electron chi connectivity index (χ0n) is 29.5. The van der Waals surface area contributed by atoms with Gasteiger partial charge in [-0.1, -0.05) is 115 Å². The van der Waals surface area contributed by atoms with Crippen LogP contribution in [-0.2, 0) is 0 Å². The zero-order valence-corrected chi connectivity index (χ0v) is 29.5. The molecule has 0 spiro atoms. The summed E-state index contributed by atoms with van der Waals surface area (Å²) in [5.74, 6) is 0. The van der Waals surface area contributed by atoms with Crippen molar-refractivity contribution in [3.63, 3.8) is 0 Å². The van der Waals surface area contributed by atoms with E-state index >= 15 is 0 Å². The van der Waals surface area contributed by atoms with Crippen LogP contribution in [0.2, 0.25) is 0 Å². The molecule has 55 heavy (non-hydrogen) atoms. The summed E-state index contributed by atoms with van der Waals surface area (Å²) in [6.07, 6.45) is 3.68. The van der Waals surface area contributed by atoms with Crippen LogP contribution in [0.1, 0.15) is 0 Å². The van der Waals surface area contributed by atoms with E-state index in [1.807, 2.05) is 36.7 Å². The zero-order chi connectivity index (χ0) is 36.0. The highest BCUT2D eigenvalue weighted by molar-refractivity contribution is 6.24. The Bertz CT molecular complexity index is 3550. The van der Waals surface area contributed by atoms with Gasteiger partial charge in [0.1, 0.15) is 11.2 Å². The first-order valence-corrected chi connectivity index (χ1v) is 18.6. The number of para-hydroxylation sites is 2. The lowest BCUT2D eigenvalue weighted by atomic mass is 9.93. The van der Waals surface area contributed by atoms with Gasteiger partial charge in [0.25, 0.3) is 0 Å². The fourth-order valence-electron chi connectivity index (χ4n) is 8.68. The SMILES string of the molecule is c1cnc2c(c1)cc(-c1ccc3c(ccc4ccc(-c5ccc(-c6nc7ccccc7c7c6ccc6c8ccccc8oc67)cc5)cc43)c1)c1cccnc12. The molecule has 0 bridgehead atoms. The lowest BCUT2D eigenvalue weighted by molar-refractivity contribution is 0.673. The second-order valence-corrected chi connectivity index (χ2v) is 14.4. The van der Waals surface area contributed by atoms with E-state index in [1.54, 1.807) is 0 Å². The fourth-order valence-corrected chi connectivity index (χ4v) is 8.68. The second-order valence-electron chi connectivity index (χ2n) is 14.4. The van der Waals surface area contributed by atoms with Crippen LogP contribution in [0.5, 0.6) is 0 Å². The third kappa shape index (κ3) is 4.55. The number of benzene rings is 8. The molecule has 0 radical (unpaired) electrons. The molecule has 4 heteroatoms. The molecule has 0 atom stereocenters. The van der Waals surface area contributed by atoms with Crippen molar-refractivity contribution in [1.29, 1.82) is 0 Å². The molecular formula is C51H29N3O. The predicted molar refractivity (Wildman–Crippen MR) is 228 cm³/mol. The molecule has 0 aliphatic rings. The number of aromatic nitrogens is 3. The van der Waals surface area contributed by atoms with Gasteiger partial charge in [0.15, 0.2) is 0 Å².